The number of benzene rings is 1. The van der Waals surface area contributed by atoms with Gasteiger partial charge in [-0.25, -0.2) is 9.97 Å². The van der Waals surface area contributed by atoms with Crippen molar-refractivity contribution in [2.24, 2.45) is 0 Å². The molecular weight excluding hydrogens is 382 g/mol. The number of aromatic nitrogens is 3. The van der Waals surface area contributed by atoms with E-state index in [2.05, 4.69) is 56.9 Å². The molecule has 0 saturated heterocycles. The number of H-pyrrole nitrogens is 1. The first-order valence-electron chi connectivity index (χ1n) is 10.00. The molecule has 0 unspecified atom stereocenters. The summed E-state index contributed by atoms with van der Waals surface area (Å²) in [5.41, 5.74) is 3.37. The number of amides is 1. The summed E-state index contributed by atoms with van der Waals surface area (Å²) >= 11 is 1.43. The molecule has 29 heavy (non-hydrogen) atoms. The molecule has 0 radical (unpaired) electrons. The highest BCUT2D eigenvalue weighted by Gasteiger charge is 2.19. The van der Waals surface area contributed by atoms with Gasteiger partial charge < -0.3 is 15.6 Å². The number of hydrogen-bond acceptors (Lipinski definition) is 5. The fourth-order valence-corrected chi connectivity index (χ4v) is 4.60. The maximum Gasteiger partial charge on any atom is 0.261 e. The summed E-state index contributed by atoms with van der Waals surface area (Å²) < 4.78 is 0. The Hall–Kier alpha value is -2.93. The predicted molar refractivity (Wildman–Crippen MR) is 120 cm³/mol. The van der Waals surface area contributed by atoms with Gasteiger partial charge in [-0.3, -0.25) is 4.79 Å². The Bertz CT molecular complexity index is 1150. The van der Waals surface area contributed by atoms with E-state index in [0.29, 0.717) is 6.54 Å². The quantitative estimate of drug-likeness (QED) is 0.371. The van der Waals surface area contributed by atoms with Crippen LogP contribution in [0.4, 0.5) is 5.82 Å². The number of rotatable bonds is 8. The van der Waals surface area contributed by atoms with Crippen LogP contribution < -0.4 is 10.6 Å². The summed E-state index contributed by atoms with van der Waals surface area (Å²) in [7, 11) is 0. The number of hydrogen-bond donors (Lipinski definition) is 3. The van der Waals surface area contributed by atoms with Gasteiger partial charge in [0.05, 0.1) is 10.3 Å². The molecular formula is C22H25N5OS. The van der Waals surface area contributed by atoms with E-state index < -0.39 is 0 Å². The molecule has 3 heterocycles. The molecule has 0 aliphatic heterocycles. The number of thiophene rings is 1. The molecule has 4 rings (SSSR count). The Morgan fingerprint density at radius 3 is 2.93 bits per heavy atom. The second-order valence-electron chi connectivity index (χ2n) is 7.10. The van der Waals surface area contributed by atoms with E-state index in [1.165, 1.54) is 22.3 Å². The lowest BCUT2D eigenvalue weighted by Gasteiger charge is -2.07. The highest BCUT2D eigenvalue weighted by Crippen LogP contribution is 2.33. The van der Waals surface area contributed by atoms with E-state index in [4.69, 9.17) is 0 Å². The van der Waals surface area contributed by atoms with E-state index in [9.17, 15) is 4.79 Å². The molecule has 0 aliphatic carbocycles. The standard InChI is InChI=1S/C22H25N5OS/c1-3-4-10-24-21(28)19-14(2)18-20(26-13-27-22(18)29-19)23-11-9-15-12-25-17-8-6-5-7-16(15)17/h5-8,12-13,25H,3-4,9-11H2,1-2H3,(H,24,28)(H,23,26,27). The normalized spacial score (nSPS) is 11.2. The van der Waals surface area contributed by atoms with Crippen molar-refractivity contribution in [3.8, 4) is 0 Å². The predicted octanol–water partition coefficient (Wildman–Crippen LogP) is 4.67. The molecule has 1 amide bonds. The molecule has 0 fully saturated rings. The first-order chi connectivity index (χ1) is 14.2. The summed E-state index contributed by atoms with van der Waals surface area (Å²) in [4.78, 5) is 26.2. The number of aromatic amines is 1. The average Bonchev–Trinajstić information content (AvgIpc) is 3.30. The van der Waals surface area contributed by atoms with Crippen LogP contribution >= 0.6 is 11.3 Å². The minimum atomic E-state index is -0.0244. The average molecular weight is 408 g/mol. The molecule has 0 atom stereocenters. The van der Waals surface area contributed by atoms with Crippen LogP contribution in [0.25, 0.3) is 21.1 Å². The molecule has 3 N–H and O–H groups in total. The molecule has 0 saturated carbocycles. The SMILES string of the molecule is CCCCNC(=O)c1sc2ncnc(NCCc3c[nH]c4ccccc34)c2c1C. The number of anilines is 1. The Balaban J connectivity index is 1.51. The first-order valence-corrected chi connectivity index (χ1v) is 10.8. The van der Waals surface area contributed by atoms with Crippen LogP contribution in [0.1, 0.15) is 40.6 Å². The highest BCUT2D eigenvalue weighted by molar-refractivity contribution is 7.20. The van der Waals surface area contributed by atoms with Crippen LogP contribution in [-0.4, -0.2) is 33.9 Å². The van der Waals surface area contributed by atoms with Crippen LogP contribution in [0.15, 0.2) is 36.8 Å². The maximum atomic E-state index is 12.5. The van der Waals surface area contributed by atoms with E-state index in [1.807, 2.05) is 13.0 Å². The smallest absolute Gasteiger partial charge is 0.261 e. The number of nitrogens with zero attached hydrogens (tertiary/aromatic N) is 2. The van der Waals surface area contributed by atoms with Crippen molar-refractivity contribution < 1.29 is 4.79 Å². The van der Waals surface area contributed by atoms with Crippen molar-refractivity contribution in [3.63, 3.8) is 0 Å². The number of para-hydroxylation sites is 1. The van der Waals surface area contributed by atoms with Crippen molar-refractivity contribution in [1.82, 2.24) is 20.3 Å². The minimum Gasteiger partial charge on any atom is -0.369 e. The summed E-state index contributed by atoms with van der Waals surface area (Å²) in [6.07, 6.45) is 6.54. The Labute approximate surface area is 173 Å². The fourth-order valence-electron chi connectivity index (χ4n) is 3.54. The third kappa shape index (κ3) is 3.96. The molecule has 3 aromatic heterocycles. The molecule has 0 spiro atoms. The zero-order valence-electron chi connectivity index (χ0n) is 16.7. The number of carbonyl (C=O) groups is 1. The Morgan fingerprint density at radius 1 is 1.21 bits per heavy atom. The van der Waals surface area contributed by atoms with Crippen molar-refractivity contribution in [3.05, 3.63) is 52.8 Å². The number of aryl methyl sites for hydroxylation is 1. The van der Waals surface area contributed by atoms with E-state index in [-0.39, 0.29) is 5.91 Å². The minimum absolute atomic E-state index is 0.0244. The summed E-state index contributed by atoms with van der Waals surface area (Å²) in [6.45, 7) is 5.54. The number of carbonyl (C=O) groups excluding carboxylic acids is 1. The van der Waals surface area contributed by atoms with Gasteiger partial charge in [-0.15, -0.1) is 11.3 Å². The zero-order chi connectivity index (χ0) is 20.2. The third-order valence-electron chi connectivity index (χ3n) is 5.11. The molecule has 1 aromatic carbocycles. The first kappa shape index (κ1) is 19.4. The van der Waals surface area contributed by atoms with Crippen LogP contribution in [-0.2, 0) is 6.42 Å². The van der Waals surface area contributed by atoms with Gasteiger partial charge in [0.2, 0.25) is 0 Å². The number of nitrogens with one attached hydrogen (secondary N) is 3. The lowest BCUT2D eigenvalue weighted by atomic mass is 10.1. The second-order valence-corrected chi connectivity index (χ2v) is 8.10. The Kier molecular flexibility index (Phi) is 5.76. The van der Waals surface area contributed by atoms with E-state index in [1.54, 1.807) is 6.33 Å². The van der Waals surface area contributed by atoms with Gasteiger partial charge in [-0.1, -0.05) is 31.5 Å². The van der Waals surface area contributed by atoms with Crippen molar-refractivity contribution in [2.75, 3.05) is 18.4 Å². The molecule has 6 nitrogen and oxygen atoms in total. The van der Waals surface area contributed by atoms with Gasteiger partial charge in [0.15, 0.2) is 0 Å². The molecule has 0 aliphatic rings. The van der Waals surface area contributed by atoms with Crippen molar-refractivity contribution in [1.29, 1.82) is 0 Å². The highest BCUT2D eigenvalue weighted by atomic mass is 32.1. The summed E-state index contributed by atoms with van der Waals surface area (Å²) in [5.74, 6) is 0.764. The van der Waals surface area contributed by atoms with Crippen LogP contribution in [0.5, 0.6) is 0 Å². The van der Waals surface area contributed by atoms with Crippen molar-refractivity contribution in [2.45, 2.75) is 33.1 Å². The van der Waals surface area contributed by atoms with Gasteiger partial charge in [0, 0.05) is 30.2 Å². The van der Waals surface area contributed by atoms with Crippen molar-refractivity contribution >= 4 is 44.2 Å². The summed E-state index contributed by atoms with van der Waals surface area (Å²) in [5, 5.41) is 8.64. The second kappa shape index (κ2) is 8.61. The third-order valence-corrected chi connectivity index (χ3v) is 6.31. The Morgan fingerprint density at radius 2 is 2.07 bits per heavy atom. The number of unbranched alkanes of at least 4 members (excludes halogenated alkanes) is 1. The van der Waals surface area contributed by atoms with Gasteiger partial charge in [0.25, 0.3) is 5.91 Å². The largest absolute Gasteiger partial charge is 0.369 e. The van der Waals surface area contributed by atoms with Gasteiger partial charge in [-0.2, -0.15) is 0 Å². The molecule has 0 bridgehead atoms. The van der Waals surface area contributed by atoms with Crippen LogP contribution in [0.3, 0.4) is 0 Å². The zero-order valence-corrected chi connectivity index (χ0v) is 17.5. The van der Waals surface area contributed by atoms with Gasteiger partial charge in [0.1, 0.15) is 17.0 Å². The molecule has 150 valence electrons. The van der Waals surface area contributed by atoms with Crippen LogP contribution in [0.2, 0.25) is 0 Å². The van der Waals surface area contributed by atoms with Gasteiger partial charge >= 0.3 is 0 Å². The lowest BCUT2D eigenvalue weighted by Crippen LogP contribution is -2.24. The number of fused-ring (bicyclic) bond motifs is 2. The molecule has 4 aromatic rings. The van der Waals surface area contributed by atoms with E-state index >= 15 is 0 Å². The van der Waals surface area contributed by atoms with Gasteiger partial charge in [-0.05, 0) is 37.0 Å². The van der Waals surface area contributed by atoms with Crippen LogP contribution in [0, 0.1) is 6.92 Å². The maximum absolute atomic E-state index is 12.5. The fraction of sp³-hybridized carbons (Fsp3) is 0.318. The van der Waals surface area contributed by atoms with E-state index in [0.717, 1.165) is 57.8 Å². The monoisotopic (exact) mass is 407 g/mol. The molecule has 7 heteroatoms. The summed E-state index contributed by atoms with van der Waals surface area (Å²) in [6, 6.07) is 8.31. The lowest BCUT2D eigenvalue weighted by molar-refractivity contribution is 0.0957. The topological polar surface area (TPSA) is 82.7 Å².